The first-order valence-electron chi connectivity index (χ1n) is 12.6. The van der Waals surface area contributed by atoms with Gasteiger partial charge >= 0.3 is 0 Å². The molecule has 4 heterocycles. The third-order valence-corrected chi connectivity index (χ3v) is 6.95. The molecule has 2 fully saturated rings. The molecule has 1 aliphatic carbocycles. The average molecular weight is 497 g/mol. The van der Waals surface area contributed by atoms with E-state index in [9.17, 15) is 4.79 Å². The number of carbonyl (C=O) groups is 1. The molecule has 1 aliphatic heterocycles. The first-order chi connectivity index (χ1) is 18.1. The zero-order chi connectivity index (χ0) is 25.2. The van der Waals surface area contributed by atoms with Crippen molar-refractivity contribution in [1.82, 2.24) is 24.9 Å². The molecule has 10 nitrogen and oxygen atoms in total. The number of nitrogens with zero attached hydrogens (tertiary/aromatic N) is 6. The van der Waals surface area contributed by atoms with Crippen LogP contribution in [0.1, 0.15) is 25.7 Å². The van der Waals surface area contributed by atoms with E-state index in [0.717, 1.165) is 66.9 Å². The van der Waals surface area contributed by atoms with Crippen LogP contribution in [0.5, 0.6) is 0 Å². The molecule has 0 spiro atoms. The van der Waals surface area contributed by atoms with Gasteiger partial charge in [0, 0.05) is 48.8 Å². The van der Waals surface area contributed by atoms with Crippen LogP contribution in [0.2, 0.25) is 0 Å². The van der Waals surface area contributed by atoms with Crippen LogP contribution < -0.4 is 16.0 Å². The van der Waals surface area contributed by atoms with E-state index >= 15 is 0 Å². The molecule has 1 amide bonds. The van der Waals surface area contributed by atoms with Crippen molar-refractivity contribution in [2.45, 2.75) is 25.7 Å². The van der Waals surface area contributed by atoms with Gasteiger partial charge in [-0.2, -0.15) is 0 Å². The fourth-order valence-corrected chi connectivity index (χ4v) is 4.95. The molecule has 6 rings (SSSR count). The molecule has 188 valence electrons. The SMILES string of the molecule is Nc1ncc(-c2nc(N3CCOCC3)c3ncc(-c4cccc(NC(=O)C5CCCC5)c4)cc3n2)cn1. The van der Waals surface area contributed by atoms with Crippen LogP contribution in [0.3, 0.4) is 0 Å². The number of morpholine rings is 1. The van der Waals surface area contributed by atoms with Crippen LogP contribution in [0.4, 0.5) is 17.5 Å². The van der Waals surface area contributed by atoms with Gasteiger partial charge in [-0.05, 0) is 36.6 Å². The molecule has 0 atom stereocenters. The summed E-state index contributed by atoms with van der Waals surface area (Å²) in [4.78, 5) is 37.5. The molecular formula is C27H28N8O2. The minimum atomic E-state index is 0.101. The smallest absolute Gasteiger partial charge is 0.227 e. The topological polar surface area (TPSA) is 132 Å². The largest absolute Gasteiger partial charge is 0.378 e. The summed E-state index contributed by atoms with van der Waals surface area (Å²) < 4.78 is 5.54. The van der Waals surface area contributed by atoms with Gasteiger partial charge in [0.25, 0.3) is 0 Å². The summed E-state index contributed by atoms with van der Waals surface area (Å²) in [5.41, 5.74) is 10.4. The Kier molecular flexibility index (Phi) is 6.32. The molecule has 1 aromatic carbocycles. The van der Waals surface area contributed by atoms with Crippen molar-refractivity contribution in [1.29, 1.82) is 0 Å². The van der Waals surface area contributed by atoms with Crippen molar-refractivity contribution in [3.05, 3.63) is 48.9 Å². The van der Waals surface area contributed by atoms with E-state index in [4.69, 9.17) is 25.4 Å². The van der Waals surface area contributed by atoms with Gasteiger partial charge in [0.2, 0.25) is 11.9 Å². The molecule has 4 aromatic rings. The van der Waals surface area contributed by atoms with E-state index in [2.05, 4.69) is 20.2 Å². The van der Waals surface area contributed by atoms with E-state index in [0.29, 0.717) is 30.1 Å². The van der Waals surface area contributed by atoms with Crippen molar-refractivity contribution in [2.24, 2.45) is 5.92 Å². The Bertz CT molecular complexity index is 1430. The van der Waals surface area contributed by atoms with Gasteiger partial charge in [-0.25, -0.2) is 19.9 Å². The van der Waals surface area contributed by atoms with Crippen LogP contribution in [0.15, 0.2) is 48.9 Å². The van der Waals surface area contributed by atoms with Crippen molar-refractivity contribution in [2.75, 3.05) is 42.3 Å². The van der Waals surface area contributed by atoms with E-state index < -0.39 is 0 Å². The fraction of sp³-hybridized carbons (Fsp3) is 0.333. The lowest BCUT2D eigenvalue weighted by Crippen LogP contribution is -2.37. The highest BCUT2D eigenvalue weighted by molar-refractivity contribution is 5.94. The zero-order valence-electron chi connectivity index (χ0n) is 20.4. The summed E-state index contributed by atoms with van der Waals surface area (Å²) in [6.45, 7) is 2.69. The molecule has 2 aliphatic rings. The number of amides is 1. The number of anilines is 3. The number of hydrogen-bond acceptors (Lipinski definition) is 9. The average Bonchev–Trinajstić information content (AvgIpc) is 3.49. The lowest BCUT2D eigenvalue weighted by atomic mass is 10.0. The van der Waals surface area contributed by atoms with Gasteiger partial charge < -0.3 is 20.7 Å². The number of pyridine rings is 1. The van der Waals surface area contributed by atoms with E-state index in [-0.39, 0.29) is 17.8 Å². The summed E-state index contributed by atoms with van der Waals surface area (Å²) in [5, 5.41) is 3.09. The molecule has 0 bridgehead atoms. The monoisotopic (exact) mass is 496 g/mol. The second kappa shape index (κ2) is 10.1. The number of nitrogens with two attached hydrogens (primary N) is 1. The first-order valence-corrected chi connectivity index (χ1v) is 12.6. The third-order valence-electron chi connectivity index (χ3n) is 6.95. The number of hydrogen-bond donors (Lipinski definition) is 2. The number of nitrogen functional groups attached to an aromatic ring is 1. The lowest BCUT2D eigenvalue weighted by molar-refractivity contribution is -0.119. The standard InChI is InChI=1S/C27H28N8O2/c28-27-30-15-20(16-31-27)24-33-22-13-19(14-29-23(22)25(34-24)35-8-10-37-11-9-35)18-6-3-7-21(12-18)32-26(36)17-4-1-2-5-17/h3,6-7,12-17H,1-2,4-5,8-11H2,(H,32,36)(H2,28,30,31). The lowest BCUT2D eigenvalue weighted by Gasteiger charge is -2.28. The van der Waals surface area contributed by atoms with Gasteiger partial charge in [-0.3, -0.25) is 9.78 Å². The highest BCUT2D eigenvalue weighted by atomic mass is 16.5. The minimum Gasteiger partial charge on any atom is -0.378 e. The first kappa shape index (κ1) is 23.2. The van der Waals surface area contributed by atoms with E-state index in [1.807, 2.05) is 36.5 Å². The number of fused-ring (bicyclic) bond motifs is 1. The summed E-state index contributed by atoms with van der Waals surface area (Å²) in [7, 11) is 0. The minimum absolute atomic E-state index is 0.101. The number of benzene rings is 1. The van der Waals surface area contributed by atoms with Gasteiger partial charge in [-0.1, -0.05) is 25.0 Å². The number of aromatic nitrogens is 5. The Morgan fingerprint density at radius 2 is 1.70 bits per heavy atom. The van der Waals surface area contributed by atoms with Crippen LogP contribution in [-0.4, -0.2) is 57.1 Å². The Labute approximate surface area is 214 Å². The Morgan fingerprint density at radius 3 is 2.49 bits per heavy atom. The normalized spacial score (nSPS) is 16.3. The zero-order valence-corrected chi connectivity index (χ0v) is 20.4. The van der Waals surface area contributed by atoms with Crippen molar-refractivity contribution >= 4 is 34.4 Å². The maximum absolute atomic E-state index is 12.6. The summed E-state index contributed by atoms with van der Waals surface area (Å²) >= 11 is 0. The van der Waals surface area contributed by atoms with Gasteiger partial charge in [0.05, 0.1) is 24.3 Å². The third kappa shape index (κ3) is 4.92. The highest BCUT2D eigenvalue weighted by Crippen LogP contribution is 2.31. The van der Waals surface area contributed by atoms with Crippen LogP contribution in [0.25, 0.3) is 33.5 Å². The number of ether oxygens (including phenoxy) is 1. The summed E-state index contributed by atoms with van der Waals surface area (Å²) in [6, 6.07) is 9.86. The van der Waals surface area contributed by atoms with Gasteiger partial charge in [-0.15, -0.1) is 0 Å². The maximum Gasteiger partial charge on any atom is 0.227 e. The molecule has 10 heteroatoms. The van der Waals surface area contributed by atoms with Crippen LogP contribution in [-0.2, 0) is 9.53 Å². The van der Waals surface area contributed by atoms with Crippen LogP contribution in [0, 0.1) is 5.92 Å². The van der Waals surface area contributed by atoms with Crippen molar-refractivity contribution in [3.8, 4) is 22.5 Å². The molecular weight excluding hydrogens is 468 g/mol. The van der Waals surface area contributed by atoms with Crippen molar-refractivity contribution < 1.29 is 9.53 Å². The van der Waals surface area contributed by atoms with Crippen molar-refractivity contribution in [3.63, 3.8) is 0 Å². The number of rotatable bonds is 5. The number of carbonyl (C=O) groups excluding carboxylic acids is 1. The molecule has 0 radical (unpaired) electrons. The molecule has 1 saturated heterocycles. The predicted octanol–water partition coefficient (Wildman–Crippen LogP) is 3.70. The van der Waals surface area contributed by atoms with E-state index in [1.54, 1.807) is 12.4 Å². The molecule has 3 N–H and O–H groups in total. The highest BCUT2D eigenvalue weighted by Gasteiger charge is 2.23. The second-order valence-corrected chi connectivity index (χ2v) is 9.44. The quantitative estimate of drug-likeness (QED) is 0.424. The predicted molar refractivity (Wildman–Crippen MR) is 142 cm³/mol. The molecule has 1 saturated carbocycles. The molecule has 0 unspecified atom stereocenters. The summed E-state index contributed by atoms with van der Waals surface area (Å²) in [6.07, 6.45) is 9.26. The van der Waals surface area contributed by atoms with Crippen LogP contribution >= 0.6 is 0 Å². The van der Waals surface area contributed by atoms with Gasteiger partial charge in [0.15, 0.2) is 11.6 Å². The molecule has 3 aromatic heterocycles. The second-order valence-electron chi connectivity index (χ2n) is 9.44. The fourth-order valence-electron chi connectivity index (χ4n) is 4.95. The Morgan fingerprint density at radius 1 is 0.946 bits per heavy atom. The maximum atomic E-state index is 12.6. The summed E-state index contributed by atoms with van der Waals surface area (Å²) in [5.74, 6) is 1.66. The van der Waals surface area contributed by atoms with Gasteiger partial charge in [0.1, 0.15) is 5.52 Å². The number of nitrogens with one attached hydrogen (secondary N) is 1. The molecule has 37 heavy (non-hydrogen) atoms. The van der Waals surface area contributed by atoms with E-state index in [1.165, 1.54) is 0 Å². The Hall–Kier alpha value is -4.18. The Balaban J connectivity index is 1.38.